The molecule has 0 N–H and O–H groups in total. The third-order valence-electron chi connectivity index (χ3n) is 3.22. The molecular formula is C16H23N. The van der Waals surface area contributed by atoms with E-state index in [1.807, 2.05) is 12.1 Å². The lowest BCUT2D eigenvalue weighted by Gasteiger charge is -2.33. The van der Waals surface area contributed by atoms with Crippen LogP contribution in [-0.4, -0.2) is 12.6 Å². The quantitative estimate of drug-likeness (QED) is 0.665. The molecule has 0 fully saturated rings. The molecule has 0 saturated heterocycles. The summed E-state index contributed by atoms with van der Waals surface area (Å²) < 4.78 is 0. The van der Waals surface area contributed by atoms with E-state index in [1.54, 1.807) is 0 Å². The Hall–Kier alpha value is -1.42. The highest BCUT2D eigenvalue weighted by Crippen LogP contribution is 2.24. The van der Waals surface area contributed by atoms with Gasteiger partial charge in [0.1, 0.15) is 0 Å². The minimum atomic E-state index is 0.587. The molecule has 0 unspecified atom stereocenters. The predicted octanol–water partition coefficient (Wildman–Crippen LogP) is 4.07. The van der Waals surface area contributed by atoms with Gasteiger partial charge >= 0.3 is 0 Å². The molecule has 0 radical (unpaired) electrons. The van der Waals surface area contributed by atoms with Gasteiger partial charge in [0, 0.05) is 18.2 Å². The van der Waals surface area contributed by atoms with E-state index in [1.165, 1.54) is 5.69 Å². The zero-order valence-electron chi connectivity index (χ0n) is 11.2. The molecule has 1 nitrogen and oxygen atoms in total. The normalized spacial score (nSPS) is 10.3. The average molecular weight is 229 g/mol. The van der Waals surface area contributed by atoms with Gasteiger partial charge in [-0.25, -0.2) is 0 Å². The third kappa shape index (κ3) is 3.27. The molecule has 0 amide bonds. The summed E-state index contributed by atoms with van der Waals surface area (Å²) in [7, 11) is 0. The summed E-state index contributed by atoms with van der Waals surface area (Å²) in [6, 6.07) is 8.84. The Morgan fingerprint density at radius 3 is 2.35 bits per heavy atom. The van der Waals surface area contributed by atoms with Gasteiger partial charge < -0.3 is 4.90 Å². The monoisotopic (exact) mass is 229 g/mol. The SMILES string of the molecule is C#Cc1ccccc1N(CCC)C(CC)CC. The second-order valence-corrected chi connectivity index (χ2v) is 4.33. The number of nitrogens with zero attached hydrogens (tertiary/aromatic N) is 1. The van der Waals surface area contributed by atoms with Crippen LogP contribution in [0.25, 0.3) is 0 Å². The lowest BCUT2D eigenvalue weighted by molar-refractivity contribution is 0.553. The minimum absolute atomic E-state index is 0.587. The largest absolute Gasteiger partial charge is 0.368 e. The number of rotatable bonds is 6. The Morgan fingerprint density at radius 2 is 1.82 bits per heavy atom. The Kier molecular flexibility index (Phi) is 5.63. The van der Waals surface area contributed by atoms with Gasteiger partial charge in [0.25, 0.3) is 0 Å². The molecule has 1 heteroatoms. The summed E-state index contributed by atoms with van der Waals surface area (Å²) in [6.45, 7) is 7.78. The standard InChI is InChI=1S/C16H23N/c1-5-13-17(15(7-3)8-4)16-12-10-9-11-14(16)6-2/h2,9-12,15H,5,7-8,13H2,1,3-4H3. The Bertz CT molecular complexity index is 371. The van der Waals surface area contributed by atoms with Gasteiger partial charge in [-0.3, -0.25) is 0 Å². The van der Waals surface area contributed by atoms with Crippen molar-refractivity contribution in [3.63, 3.8) is 0 Å². The zero-order chi connectivity index (χ0) is 12.7. The molecule has 1 rings (SSSR count). The fraction of sp³-hybridized carbons (Fsp3) is 0.500. The Labute approximate surface area is 106 Å². The number of para-hydroxylation sites is 1. The van der Waals surface area contributed by atoms with Crippen molar-refractivity contribution in [2.24, 2.45) is 0 Å². The van der Waals surface area contributed by atoms with Crippen LogP contribution in [0.5, 0.6) is 0 Å². The predicted molar refractivity (Wildman–Crippen MR) is 76.4 cm³/mol. The Morgan fingerprint density at radius 1 is 1.18 bits per heavy atom. The first kappa shape index (κ1) is 13.6. The van der Waals surface area contributed by atoms with Crippen LogP contribution in [0.1, 0.15) is 45.6 Å². The molecule has 0 aliphatic rings. The molecule has 0 aliphatic carbocycles. The van der Waals surface area contributed by atoms with E-state index in [4.69, 9.17) is 6.42 Å². The van der Waals surface area contributed by atoms with E-state index < -0.39 is 0 Å². The van der Waals surface area contributed by atoms with Crippen molar-refractivity contribution in [1.82, 2.24) is 0 Å². The van der Waals surface area contributed by atoms with Gasteiger partial charge in [0.05, 0.1) is 5.69 Å². The van der Waals surface area contributed by atoms with E-state index >= 15 is 0 Å². The van der Waals surface area contributed by atoms with Crippen molar-refractivity contribution in [1.29, 1.82) is 0 Å². The topological polar surface area (TPSA) is 3.24 Å². The van der Waals surface area contributed by atoms with Gasteiger partial charge in [0.15, 0.2) is 0 Å². The lowest BCUT2D eigenvalue weighted by Crippen LogP contribution is -2.35. The third-order valence-corrected chi connectivity index (χ3v) is 3.22. The first-order chi connectivity index (χ1) is 8.28. The highest BCUT2D eigenvalue weighted by atomic mass is 15.2. The van der Waals surface area contributed by atoms with Gasteiger partial charge in [-0.2, -0.15) is 0 Å². The van der Waals surface area contributed by atoms with Crippen LogP contribution in [0.15, 0.2) is 24.3 Å². The van der Waals surface area contributed by atoms with E-state index in [0.29, 0.717) is 6.04 Å². The molecule has 0 atom stereocenters. The lowest BCUT2D eigenvalue weighted by atomic mass is 10.1. The van der Waals surface area contributed by atoms with Gasteiger partial charge in [-0.15, -0.1) is 6.42 Å². The van der Waals surface area contributed by atoms with Gasteiger partial charge in [-0.05, 0) is 31.4 Å². The van der Waals surface area contributed by atoms with Crippen molar-refractivity contribution < 1.29 is 0 Å². The first-order valence-corrected chi connectivity index (χ1v) is 6.60. The maximum Gasteiger partial charge on any atom is 0.0527 e. The molecular weight excluding hydrogens is 206 g/mol. The van der Waals surface area contributed by atoms with Crippen molar-refractivity contribution >= 4 is 5.69 Å². The summed E-state index contributed by atoms with van der Waals surface area (Å²) in [5.74, 6) is 2.80. The summed E-state index contributed by atoms with van der Waals surface area (Å²) in [6.07, 6.45) is 9.06. The van der Waals surface area contributed by atoms with Crippen LogP contribution in [0.2, 0.25) is 0 Å². The number of anilines is 1. The summed E-state index contributed by atoms with van der Waals surface area (Å²) >= 11 is 0. The highest BCUT2D eigenvalue weighted by Gasteiger charge is 2.16. The summed E-state index contributed by atoms with van der Waals surface area (Å²) in [5, 5.41) is 0. The Balaban J connectivity index is 3.09. The molecule has 0 spiro atoms. The molecule has 17 heavy (non-hydrogen) atoms. The fourth-order valence-corrected chi connectivity index (χ4v) is 2.32. The molecule has 0 saturated carbocycles. The number of hydrogen-bond donors (Lipinski definition) is 0. The van der Waals surface area contributed by atoms with Gasteiger partial charge in [-0.1, -0.05) is 38.8 Å². The molecule has 0 heterocycles. The van der Waals surface area contributed by atoms with Gasteiger partial charge in [0.2, 0.25) is 0 Å². The van der Waals surface area contributed by atoms with Crippen LogP contribution in [0.3, 0.4) is 0 Å². The van der Waals surface area contributed by atoms with Crippen LogP contribution >= 0.6 is 0 Å². The van der Waals surface area contributed by atoms with Crippen molar-refractivity contribution in [3.05, 3.63) is 29.8 Å². The van der Waals surface area contributed by atoms with Crippen LogP contribution in [0.4, 0.5) is 5.69 Å². The number of benzene rings is 1. The second kappa shape index (κ2) is 7.01. The molecule has 1 aromatic rings. The fourth-order valence-electron chi connectivity index (χ4n) is 2.32. The van der Waals surface area contributed by atoms with Crippen molar-refractivity contribution in [2.75, 3.05) is 11.4 Å². The smallest absolute Gasteiger partial charge is 0.0527 e. The summed E-state index contributed by atoms with van der Waals surface area (Å²) in [5.41, 5.74) is 2.22. The number of hydrogen-bond acceptors (Lipinski definition) is 1. The maximum atomic E-state index is 5.59. The van der Waals surface area contributed by atoms with E-state index in [2.05, 4.69) is 43.7 Å². The summed E-state index contributed by atoms with van der Waals surface area (Å²) in [4.78, 5) is 2.47. The first-order valence-electron chi connectivity index (χ1n) is 6.60. The molecule has 0 aliphatic heterocycles. The maximum absolute atomic E-state index is 5.59. The molecule has 0 aromatic heterocycles. The minimum Gasteiger partial charge on any atom is -0.368 e. The van der Waals surface area contributed by atoms with Crippen LogP contribution in [0, 0.1) is 12.3 Å². The second-order valence-electron chi connectivity index (χ2n) is 4.33. The average Bonchev–Trinajstić information content (AvgIpc) is 2.39. The molecule has 1 aromatic carbocycles. The highest BCUT2D eigenvalue weighted by molar-refractivity contribution is 5.60. The number of terminal acetylenes is 1. The van der Waals surface area contributed by atoms with Crippen molar-refractivity contribution in [2.45, 2.75) is 46.1 Å². The molecule has 92 valence electrons. The zero-order valence-corrected chi connectivity index (χ0v) is 11.2. The van der Waals surface area contributed by atoms with E-state index in [9.17, 15) is 0 Å². The van der Waals surface area contributed by atoms with E-state index in [0.717, 1.165) is 31.4 Å². The van der Waals surface area contributed by atoms with E-state index in [-0.39, 0.29) is 0 Å². The van der Waals surface area contributed by atoms with Crippen LogP contribution in [-0.2, 0) is 0 Å². The van der Waals surface area contributed by atoms with Crippen molar-refractivity contribution in [3.8, 4) is 12.3 Å². The van der Waals surface area contributed by atoms with Crippen LogP contribution < -0.4 is 4.90 Å². The molecule has 0 bridgehead atoms.